The second kappa shape index (κ2) is 7.31. The fraction of sp³-hybridized carbons (Fsp3) is 0.0870. The van der Waals surface area contributed by atoms with E-state index in [0.29, 0.717) is 16.8 Å². The molecule has 1 aromatic heterocycles. The number of halogens is 1. The van der Waals surface area contributed by atoms with Crippen molar-refractivity contribution < 1.29 is 19.1 Å². The number of anilines is 1. The number of carbonyl (C=O) groups excluding carboxylic acids is 2. The highest BCUT2D eigenvalue weighted by Gasteiger charge is 2.46. The highest BCUT2D eigenvalue weighted by atomic mass is 19.1. The molecule has 4 rings (SSSR count). The zero-order valence-corrected chi connectivity index (χ0v) is 15.5. The molecule has 1 atom stereocenters. The van der Waals surface area contributed by atoms with Crippen molar-refractivity contribution >= 4 is 23.1 Å². The summed E-state index contributed by atoms with van der Waals surface area (Å²) in [6.07, 6.45) is 2.99. The van der Waals surface area contributed by atoms with Gasteiger partial charge in [0.15, 0.2) is 0 Å². The monoisotopic (exact) mass is 388 g/mol. The second-order valence-electron chi connectivity index (χ2n) is 6.80. The number of aliphatic hydroxyl groups excluding tert-OH is 1. The minimum Gasteiger partial charge on any atom is -0.507 e. The fourth-order valence-electron chi connectivity index (χ4n) is 3.52. The van der Waals surface area contributed by atoms with Crippen LogP contribution in [0.2, 0.25) is 0 Å². The Hall–Kier alpha value is -3.80. The van der Waals surface area contributed by atoms with E-state index in [9.17, 15) is 19.1 Å². The van der Waals surface area contributed by atoms with E-state index in [4.69, 9.17) is 0 Å². The third-order valence-electron chi connectivity index (χ3n) is 4.86. The first-order valence-electron chi connectivity index (χ1n) is 9.01. The Bertz CT molecular complexity index is 1120. The van der Waals surface area contributed by atoms with Crippen LogP contribution in [0.3, 0.4) is 0 Å². The Morgan fingerprint density at radius 3 is 2.38 bits per heavy atom. The lowest BCUT2D eigenvalue weighted by molar-refractivity contribution is -0.132. The lowest BCUT2D eigenvalue weighted by Crippen LogP contribution is -2.29. The lowest BCUT2D eigenvalue weighted by atomic mass is 9.94. The predicted octanol–water partition coefficient (Wildman–Crippen LogP) is 4.16. The molecule has 0 bridgehead atoms. The van der Waals surface area contributed by atoms with Gasteiger partial charge in [0.2, 0.25) is 0 Å². The molecule has 1 N–H and O–H groups in total. The molecule has 1 saturated heterocycles. The number of carbonyl (C=O) groups is 2. The molecule has 0 saturated carbocycles. The van der Waals surface area contributed by atoms with Gasteiger partial charge in [-0.15, -0.1) is 0 Å². The van der Waals surface area contributed by atoms with Crippen LogP contribution in [0.1, 0.15) is 22.7 Å². The molecule has 1 unspecified atom stereocenters. The fourth-order valence-corrected chi connectivity index (χ4v) is 3.52. The van der Waals surface area contributed by atoms with E-state index in [1.54, 1.807) is 18.2 Å². The van der Waals surface area contributed by atoms with Crippen molar-refractivity contribution in [1.29, 1.82) is 0 Å². The third-order valence-corrected chi connectivity index (χ3v) is 4.86. The van der Waals surface area contributed by atoms with Crippen LogP contribution in [0, 0.1) is 12.7 Å². The number of amides is 1. The van der Waals surface area contributed by atoms with Gasteiger partial charge in [0.25, 0.3) is 11.7 Å². The van der Waals surface area contributed by atoms with E-state index >= 15 is 0 Å². The van der Waals surface area contributed by atoms with Crippen molar-refractivity contribution in [2.45, 2.75) is 13.0 Å². The van der Waals surface area contributed by atoms with E-state index in [-0.39, 0.29) is 11.3 Å². The first-order chi connectivity index (χ1) is 14.0. The predicted molar refractivity (Wildman–Crippen MR) is 107 cm³/mol. The lowest BCUT2D eigenvalue weighted by Gasteiger charge is -2.25. The Morgan fingerprint density at radius 1 is 1.03 bits per heavy atom. The van der Waals surface area contributed by atoms with Gasteiger partial charge in [-0.05, 0) is 48.9 Å². The molecule has 6 heteroatoms. The number of hydrogen-bond acceptors (Lipinski definition) is 4. The van der Waals surface area contributed by atoms with E-state index in [2.05, 4.69) is 4.98 Å². The van der Waals surface area contributed by atoms with Gasteiger partial charge in [0, 0.05) is 23.6 Å². The molecule has 0 radical (unpaired) electrons. The van der Waals surface area contributed by atoms with Crippen molar-refractivity contribution in [2.75, 3.05) is 4.90 Å². The summed E-state index contributed by atoms with van der Waals surface area (Å²) in [5.41, 5.74) is 2.35. The number of aliphatic hydroxyl groups is 1. The molecular formula is C23H17FN2O3. The highest BCUT2D eigenvalue weighted by molar-refractivity contribution is 6.51. The van der Waals surface area contributed by atoms with Crippen LogP contribution >= 0.6 is 0 Å². The maximum Gasteiger partial charge on any atom is 0.300 e. The number of benzene rings is 2. The van der Waals surface area contributed by atoms with Crippen LogP contribution in [-0.4, -0.2) is 21.8 Å². The molecule has 2 aromatic carbocycles. The zero-order chi connectivity index (χ0) is 20.5. The minimum absolute atomic E-state index is 0.0175. The van der Waals surface area contributed by atoms with Gasteiger partial charge in [0.05, 0.1) is 11.6 Å². The molecule has 29 heavy (non-hydrogen) atoms. The number of aryl methyl sites for hydroxylation is 1. The smallest absolute Gasteiger partial charge is 0.300 e. The number of nitrogens with zero attached hydrogens (tertiary/aromatic N) is 2. The van der Waals surface area contributed by atoms with Gasteiger partial charge in [-0.25, -0.2) is 4.39 Å². The SMILES string of the molecule is Cc1cccc(C2/C(=C(/O)c3ccncc3)C(=O)C(=O)N2c2ccc(F)cc2)c1. The highest BCUT2D eigenvalue weighted by Crippen LogP contribution is 2.42. The normalized spacial score (nSPS) is 18.3. The van der Waals surface area contributed by atoms with Gasteiger partial charge in [0.1, 0.15) is 11.6 Å². The Balaban J connectivity index is 1.96. The molecule has 5 nitrogen and oxygen atoms in total. The number of Topliss-reactive ketones (excluding diaryl/α,β-unsaturated/α-hetero) is 1. The number of aromatic nitrogens is 1. The average molecular weight is 388 g/mol. The summed E-state index contributed by atoms with van der Waals surface area (Å²) in [5, 5.41) is 10.9. The van der Waals surface area contributed by atoms with Crippen LogP contribution < -0.4 is 4.90 Å². The molecular weight excluding hydrogens is 371 g/mol. The number of rotatable bonds is 3. The topological polar surface area (TPSA) is 70.5 Å². The summed E-state index contributed by atoms with van der Waals surface area (Å²) in [5.74, 6) is -2.30. The molecule has 144 valence electrons. The summed E-state index contributed by atoms with van der Waals surface area (Å²) < 4.78 is 13.4. The first kappa shape index (κ1) is 18.6. The Kier molecular flexibility index (Phi) is 4.68. The summed E-state index contributed by atoms with van der Waals surface area (Å²) in [6, 6.07) is 15.0. The first-order valence-corrected chi connectivity index (χ1v) is 9.01. The molecule has 1 aliphatic heterocycles. The van der Waals surface area contributed by atoms with Crippen LogP contribution in [0.15, 0.2) is 78.6 Å². The van der Waals surface area contributed by atoms with Crippen LogP contribution in [0.25, 0.3) is 5.76 Å². The Labute approximate surface area is 166 Å². The molecule has 0 spiro atoms. The largest absolute Gasteiger partial charge is 0.507 e. The molecule has 1 aliphatic rings. The van der Waals surface area contributed by atoms with Crippen molar-refractivity contribution in [3.63, 3.8) is 0 Å². The van der Waals surface area contributed by atoms with Crippen molar-refractivity contribution in [3.8, 4) is 0 Å². The molecule has 0 aliphatic carbocycles. The van der Waals surface area contributed by atoms with Crippen LogP contribution in [0.5, 0.6) is 0 Å². The maximum atomic E-state index is 13.4. The number of ketones is 1. The van der Waals surface area contributed by atoms with Gasteiger partial charge < -0.3 is 5.11 Å². The summed E-state index contributed by atoms with van der Waals surface area (Å²) >= 11 is 0. The average Bonchev–Trinajstić information content (AvgIpc) is 3.00. The van der Waals surface area contributed by atoms with Gasteiger partial charge >= 0.3 is 0 Å². The van der Waals surface area contributed by atoms with Crippen molar-refractivity contribution in [3.05, 3.63) is 101 Å². The van der Waals surface area contributed by atoms with Gasteiger partial charge in [-0.3, -0.25) is 19.5 Å². The van der Waals surface area contributed by atoms with E-state index < -0.39 is 23.5 Å². The third kappa shape index (κ3) is 3.29. The standard InChI is InChI=1S/C23H17FN2O3/c1-14-3-2-4-16(13-14)20-19(21(27)15-9-11-25-12-10-15)22(28)23(29)26(20)18-7-5-17(24)6-8-18/h2-13,20,27H,1H3/b21-19-. The van der Waals surface area contributed by atoms with Crippen LogP contribution in [-0.2, 0) is 9.59 Å². The number of pyridine rings is 1. The van der Waals surface area contributed by atoms with E-state index in [0.717, 1.165) is 5.56 Å². The molecule has 3 aromatic rings. The molecule has 1 amide bonds. The molecule has 1 fully saturated rings. The Morgan fingerprint density at radius 2 is 1.72 bits per heavy atom. The molecule has 2 heterocycles. The van der Waals surface area contributed by atoms with Crippen molar-refractivity contribution in [1.82, 2.24) is 4.98 Å². The second-order valence-corrected chi connectivity index (χ2v) is 6.80. The maximum absolute atomic E-state index is 13.4. The van der Waals surface area contributed by atoms with E-state index in [1.807, 2.05) is 25.1 Å². The quantitative estimate of drug-likeness (QED) is 0.416. The summed E-state index contributed by atoms with van der Waals surface area (Å²) in [7, 11) is 0. The summed E-state index contributed by atoms with van der Waals surface area (Å²) in [4.78, 5) is 31.1. The summed E-state index contributed by atoms with van der Waals surface area (Å²) in [6.45, 7) is 1.90. The van der Waals surface area contributed by atoms with Gasteiger partial charge in [-0.1, -0.05) is 29.8 Å². The van der Waals surface area contributed by atoms with Crippen LogP contribution in [0.4, 0.5) is 10.1 Å². The minimum atomic E-state index is -0.839. The zero-order valence-electron chi connectivity index (χ0n) is 15.5. The number of hydrogen-bond donors (Lipinski definition) is 1. The van der Waals surface area contributed by atoms with E-state index in [1.165, 1.54) is 41.6 Å². The van der Waals surface area contributed by atoms with Gasteiger partial charge in [-0.2, -0.15) is 0 Å². The van der Waals surface area contributed by atoms with Crippen molar-refractivity contribution in [2.24, 2.45) is 0 Å².